The molecule has 0 aliphatic carbocycles. The lowest BCUT2D eigenvalue weighted by molar-refractivity contribution is -0.110. The number of carbonyl (C=O) groups excluding carboxylic acids is 3. The normalized spacial score (nSPS) is 16.5. The van der Waals surface area contributed by atoms with Crippen molar-refractivity contribution < 1.29 is 24.2 Å². The predicted molar refractivity (Wildman–Crippen MR) is 158 cm³/mol. The smallest absolute Gasteiger partial charge is 0.338 e. The Hall–Kier alpha value is -4.47. The van der Waals surface area contributed by atoms with Crippen molar-refractivity contribution in [1.29, 1.82) is 0 Å². The van der Waals surface area contributed by atoms with Crippen molar-refractivity contribution in [1.82, 2.24) is 10.2 Å². The van der Waals surface area contributed by atoms with Crippen molar-refractivity contribution >= 4 is 40.4 Å². The molecule has 2 aliphatic rings. The number of carbonyl (C=O) groups is 3. The minimum Gasteiger partial charge on any atom is -0.465 e. The molecule has 2 amide bonds. The largest absolute Gasteiger partial charge is 0.465 e. The Morgan fingerprint density at radius 3 is 2.41 bits per heavy atom. The summed E-state index contributed by atoms with van der Waals surface area (Å²) in [5, 5.41) is 18.9. The van der Waals surface area contributed by atoms with E-state index < -0.39 is 5.97 Å². The first-order chi connectivity index (χ1) is 19.8. The minimum atomic E-state index is -0.464. The molecular formula is C32H34N4O5. The van der Waals surface area contributed by atoms with Gasteiger partial charge < -0.3 is 30.7 Å². The van der Waals surface area contributed by atoms with E-state index in [4.69, 9.17) is 4.74 Å². The number of rotatable bonds is 8. The van der Waals surface area contributed by atoms with Gasteiger partial charge in [0.25, 0.3) is 11.8 Å². The van der Waals surface area contributed by atoms with E-state index in [0.717, 1.165) is 38.0 Å². The average molecular weight is 555 g/mol. The molecule has 3 aromatic rings. The number of amides is 2. The van der Waals surface area contributed by atoms with E-state index in [0.29, 0.717) is 51.4 Å². The van der Waals surface area contributed by atoms with Crippen LogP contribution in [0.5, 0.6) is 0 Å². The molecule has 1 fully saturated rings. The number of aliphatic hydroxyl groups excluding tert-OH is 1. The number of anilines is 2. The molecular weight excluding hydrogens is 520 g/mol. The number of aryl methyl sites for hydroxylation is 1. The summed E-state index contributed by atoms with van der Waals surface area (Å²) in [6.45, 7) is 4.76. The van der Waals surface area contributed by atoms with Crippen molar-refractivity contribution in [2.45, 2.75) is 25.9 Å². The number of nitrogens with zero attached hydrogens (tertiary/aromatic N) is 1. The molecule has 0 unspecified atom stereocenters. The van der Waals surface area contributed by atoms with Crippen molar-refractivity contribution in [3.63, 3.8) is 0 Å². The van der Waals surface area contributed by atoms with Gasteiger partial charge in [0.15, 0.2) is 0 Å². The van der Waals surface area contributed by atoms with Gasteiger partial charge >= 0.3 is 5.97 Å². The molecule has 0 bridgehead atoms. The van der Waals surface area contributed by atoms with E-state index in [1.807, 2.05) is 55.5 Å². The standard InChI is InChI=1S/C32H34N4O5/c1-20-18-26-27(19-25(20)32(40)41-2)35-31(39)28(26)29(21-6-4-3-5-7-21)34-23-10-8-22(9-11-23)30(38)33-14-17-36-15-12-24(37)13-16-36/h3-11,18-19,24,34,37H,12-17H2,1-2H3,(H,33,38)(H,35,39)/b29-28+. The number of methoxy groups -OCH3 is 1. The summed E-state index contributed by atoms with van der Waals surface area (Å²) in [5.74, 6) is -0.906. The fraction of sp³-hybridized carbons (Fsp3) is 0.281. The SMILES string of the molecule is COC(=O)c1cc2c(cc1C)/C(=C(\Nc1ccc(C(=O)NCCN3CCC(O)CC3)cc1)c1ccccc1)C(=O)N2. The number of ether oxygens (including phenoxy) is 1. The van der Waals surface area contributed by atoms with Gasteiger partial charge in [-0.05, 0) is 67.3 Å². The van der Waals surface area contributed by atoms with E-state index in [9.17, 15) is 19.5 Å². The maximum atomic E-state index is 13.3. The second-order valence-electron chi connectivity index (χ2n) is 10.3. The number of piperidine rings is 1. The summed E-state index contributed by atoms with van der Waals surface area (Å²) in [6, 6.07) is 20.1. The molecule has 0 radical (unpaired) electrons. The highest BCUT2D eigenvalue weighted by Crippen LogP contribution is 2.39. The van der Waals surface area contributed by atoms with Crippen LogP contribution in [0.4, 0.5) is 11.4 Å². The number of nitrogens with one attached hydrogen (secondary N) is 3. The van der Waals surface area contributed by atoms with Crippen LogP contribution in [0.1, 0.15) is 50.2 Å². The first kappa shape index (κ1) is 28.1. The van der Waals surface area contributed by atoms with Crippen LogP contribution < -0.4 is 16.0 Å². The number of fused-ring (bicyclic) bond motifs is 1. The monoisotopic (exact) mass is 554 g/mol. The highest BCUT2D eigenvalue weighted by molar-refractivity contribution is 6.37. The molecule has 0 saturated carbocycles. The molecule has 2 aliphatic heterocycles. The lowest BCUT2D eigenvalue weighted by Crippen LogP contribution is -2.40. The molecule has 212 valence electrons. The van der Waals surface area contributed by atoms with Gasteiger partial charge in [-0.15, -0.1) is 0 Å². The topological polar surface area (TPSA) is 120 Å². The van der Waals surface area contributed by atoms with Crippen LogP contribution in [0, 0.1) is 6.92 Å². The fourth-order valence-electron chi connectivity index (χ4n) is 5.21. The van der Waals surface area contributed by atoms with Gasteiger partial charge in [0.05, 0.1) is 35.7 Å². The molecule has 9 heteroatoms. The predicted octanol–water partition coefficient (Wildman–Crippen LogP) is 3.90. The number of benzene rings is 3. The Labute approximate surface area is 239 Å². The van der Waals surface area contributed by atoms with Crippen molar-refractivity contribution in [3.8, 4) is 0 Å². The van der Waals surface area contributed by atoms with Crippen LogP contribution in [-0.4, -0.2) is 67.2 Å². The highest BCUT2D eigenvalue weighted by atomic mass is 16.5. The van der Waals surface area contributed by atoms with E-state index >= 15 is 0 Å². The van der Waals surface area contributed by atoms with E-state index in [1.54, 1.807) is 18.2 Å². The van der Waals surface area contributed by atoms with Crippen LogP contribution >= 0.6 is 0 Å². The van der Waals surface area contributed by atoms with Gasteiger partial charge in [-0.2, -0.15) is 0 Å². The molecule has 4 N–H and O–H groups in total. The molecule has 1 saturated heterocycles. The zero-order valence-corrected chi connectivity index (χ0v) is 23.2. The molecule has 0 aromatic heterocycles. The Bertz CT molecular complexity index is 1480. The number of likely N-dealkylation sites (tertiary alicyclic amines) is 1. The summed E-state index contributed by atoms with van der Waals surface area (Å²) < 4.78 is 4.89. The zero-order chi connectivity index (χ0) is 28.9. The highest BCUT2D eigenvalue weighted by Gasteiger charge is 2.30. The average Bonchev–Trinajstić information content (AvgIpc) is 3.30. The van der Waals surface area contributed by atoms with Crippen LogP contribution in [0.2, 0.25) is 0 Å². The number of hydrogen-bond donors (Lipinski definition) is 4. The third-order valence-corrected chi connectivity index (χ3v) is 7.51. The summed E-state index contributed by atoms with van der Waals surface area (Å²) in [6.07, 6.45) is 1.32. The summed E-state index contributed by atoms with van der Waals surface area (Å²) in [4.78, 5) is 40.5. The van der Waals surface area contributed by atoms with Gasteiger partial charge in [-0.1, -0.05) is 30.3 Å². The Kier molecular flexibility index (Phi) is 8.47. The number of aliphatic hydroxyl groups is 1. The fourth-order valence-corrected chi connectivity index (χ4v) is 5.21. The third-order valence-electron chi connectivity index (χ3n) is 7.51. The minimum absolute atomic E-state index is 0.156. The summed E-state index contributed by atoms with van der Waals surface area (Å²) in [5.41, 5.74) is 5.44. The quantitative estimate of drug-likeness (QED) is 0.246. The van der Waals surface area contributed by atoms with Crippen LogP contribution in [0.15, 0.2) is 66.7 Å². The first-order valence-electron chi connectivity index (χ1n) is 13.7. The molecule has 5 rings (SSSR count). The lowest BCUT2D eigenvalue weighted by atomic mass is 9.96. The Morgan fingerprint density at radius 1 is 1.02 bits per heavy atom. The summed E-state index contributed by atoms with van der Waals surface area (Å²) >= 11 is 0. The maximum Gasteiger partial charge on any atom is 0.338 e. The first-order valence-corrected chi connectivity index (χ1v) is 13.7. The second-order valence-corrected chi connectivity index (χ2v) is 10.3. The van der Waals surface area contributed by atoms with Gasteiger partial charge in [0, 0.05) is 43.0 Å². The molecule has 9 nitrogen and oxygen atoms in total. The number of hydrogen-bond acceptors (Lipinski definition) is 7. The van der Waals surface area contributed by atoms with E-state index in [1.165, 1.54) is 7.11 Å². The van der Waals surface area contributed by atoms with E-state index in [-0.39, 0.29) is 17.9 Å². The van der Waals surface area contributed by atoms with Crippen molar-refractivity contribution in [3.05, 3.63) is 94.5 Å². The molecule has 41 heavy (non-hydrogen) atoms. The third kappa shape index (κ3) is 6.32. The molecule has 2 heterocycles. The van der Waals surface area contributed by atoms with Crippen LogP contribution in [-0.2, 0) is 9.53 Å². The van der Waals surface area contributed by atoms with Crippen LogP contribution in [0.25, 0.3) is 11.3 Å². The maximum absolute atomic E-state index is 13.3. The van der Waals surface area contributed by atoms with Crippen molar-refractivity contribution in [2.24, 2.45) is 0 Å². The molecule has 0 spiro atoms. The lowest BCUT2D eigenvalue weighted by Gasteiger charge is -2.29. The Morgan fingerprint density at radius 2 is 1.73 bits per heavy atom. The van der Waals surface area contributed by atoms with Gasteiger partial charge in [-0.25, -0.2) is 4.79 Å². The van der Waals surface area contributed by atoms with Gasteiger partial charge in [0.2, 0.25) is 0 Å². The molecule has 0 atom stereocenters. The van der Waals surface area contributed by atoms with Gasteiger partial charge in [0.1, 0.15) is 0 Å². The Balaban J connectivity index is 1.36. The second kappa shape index (κ2) is 12.4. The van der Waals surface area contributed by atoms with E-state index in [2.05, 4.69) is 20.9 Å². The van der Waals surface area contributed by atoms with Crippen LogP contribution in [0.3, 0.4) is 0 Å². The molecule has 3 aromatic carbocycles. The van der Waals surface area contributed by atoms with Gasteiger partial charge in [-0.3, -0.25) is 9.59 Å². The van der Waals surface area contributed by atoms with Crippen molar-refractivity contribution in [2.75, 3.05) is 43.9 Å². The zero-order valence-electron chi connectivity index (χ0n) is 23.2. The summed E-state index contributed by atoms with van der Waals surface area (Å²) in [7, 11) is 1.33. The number of esters is 1.